The van der Waals surface area contributed by atoms with Crippen LogP contribution >= 0.6 is 11.8 Å². The first-order chi connectivity index (χ1) is 12.1. The van der Waals surface area contributed by atoms with E-state index in [1.54, 1.807) is 11.1 Å². The maximum Gasteiger partial charge on any atom is 0.318 e. The number of hydrogen-bond donors (Lipinski definition) is 1. The monoisotopic (exact) mass is 363 g/mol. The van der Waals surface area contributed by atoms with Crippen LogP contribution < -0.4 is 5.32 Å². The highest BCUT2D eigenvalue weighted by Gasteiger charge is 2.33. The van der Waals surface area contributed by atoms with Gasteiger partial charge in [-0.2, -0.15) is 0 Å². The fraction of sp³-hybridized carbons (Fsp3) is 0.632. The molecule has 2 amide bonds. The molecule has 2 heterocycles. The molecule has 1 fully saturated rings. The zero-order valence-corrected chi connectivity index (χ0v) is 16.1. The van der Waals surface area contributed by atoms with Crippen molar-refractivity contribution in [3.63, 3.8) is 0 Å². The summed E-state index contributed by atoms with van der Waals surface area (Å²) in [6, 6.07) is 3.63. The van der Waals surface area contributed by atoms with Crippen molar-refractivity contribution in [3.05, 3.63) is 30.1 Å². The van der Waals surface area contributed by atoms with Gasteiger partial charge in [-0.15, -0.1) is 0 Å². The van der Waals surface area contributed by atoms with Gasteiger partial charge in [0.25, 0.3) is 0 Å². The highest BCUT2D eigenvalue weighted by atomic mass is 32.2. The number of hydrogen-bond acceptors (Lipinski definition) is 4. The van der Waals surface area contributed by atoms with E-state index in [-0.39, 0.29) is 17.2 Å². The Morgan fingerprint density at radius 2 is 2.32 bits per heavy atom. The molecule has 2 atom stereocenters. The van der Waals surface area contributed by atoms with E-state index in [0.717, 1.165) is 37.9 Å². The number of amides is 2. The van der Waals surface area contributed by atoms with Gasteiger partial charge in [0.1, 0.15) is 6.04 Å². The summed E-state index contributed by atoms with van der Waals surface area (Å²) in [4.78, 5) is 30.7. The van der Waals surface area contributed by atoms with Gasteiger partial charge in [-0.25, -0.2) is 4.79 Å². The van der Waals surface area contributed by atoms with Crippen LogP contribution in [0.1, 0.15) is 45.1 Å². The molecular formula is C19H29N3O2S. The molecule has 1 N–H and O–H groups in total. The molecule has 2 rings (SSSR count). The van der Waals surface area contributed by atoms with Gasteiger partial charge < -0.3 is 10.2 Å². The standard InChI is InChI=1S/C19H29N3O2S/c1-3-15(2)13-21-19(24)22-11-5-9-17(22)18(23)25-12-6-8-16-7-4-10-20-14-16/h4,7,10,14-15,17H,3,5-6,8-9,11-13H2,1-2H3,(H,21,24)/t15?,17-/m0/s1. The molecule has 1 aliphatic rings. The Kier molecular flexibility index (Phi) is 8.25. The summed E-state index contributed by atoms with van der Waals surface area (Å²) in [6.45, 7) is 5.58. The van der Waals surface area contributed by atoms with Crippen LogP contribution in [0.25, 0.3) is 0 Å². The highest BCUT2D eigenvalue weighted by Crippen LogP contribution is 2.23. The largest absolute Gasteiger partial charge is 0.338 e. The molecule has 1 saturated heterocycles. The zero-order chi connectivity index (χ0) is 18.1. The van der Waals surface area contributed by atoms with Crippen LogP contribution in [0, 0.1) is 5.92 Å². The Morgan fingerprint density at radius 3 is 3.04 bits per heavy atom. The molecule has 1 aromatic heterocycles. The van der Waals surface area contributed by atoms with Gasteiger partial charge in [0.05, 0.1) is 0 Å². The molecule has 0 aromatic carbocycles. The number of thioether (sulfide) groups is 1. The highest BCUT2D eigenvalue weighted by molar-refractivity contribution is 8.13. The third kappa shape index (κ3) is 6.34. The van der Waals surface area contributed by atoms with Crippen LogP contribution in [0.2, 0.25) is 0 Å². The van der Waals surface area contributed by atoms with E-state index >= 15 is 0 Å². The number of nitrogens with zero attached hydrogens (tertiary/aromatic N) is 2. The van der Waals surface area contributed by atoms with Crippen molar-refractivity contribution in [3.8, 4) is 0 Å². The van der Waals surface area contributed by atoms with Gasteiger partial charge in [-0.1, -0.05) is 38.1 Å². The first-order valence-electron chi connectivity index (χ1n) is 9.21. The van der Waals surface area contributed by atoms with Crippen molar-refractivity contribution in [1.82, 2.24) is 15.2 Å². The molecular weight excluding hydrogens is 334 g/mol. The van der Waals surface area contributed by atoms with Gasteiger partial charge in [0.2, 0.25) is 5.12 Å². The minimum absolute atomic E-state index is 0.0906. The number of aryl methyl sites for hydroxylation is 1. The Morgan fingerprint density at radius 1 is 1.48 bits per heavy atom. The minimum atomic E-state index is -0.264. The van der Waals surface area contributed by atoms with Crippen LogP contribution in [0.3, 0.4) is 0 Å². The Bertz CT molecular complexity index is 553. The molecule has 1 aliphatic heterocycles. The third-order valence-electron chi connectivity index (χ3n) is 4.66. The summed E-state index contributed by atoms with van der Waals surface area (Å²) >= 11 is 1.36. The van der Waals surface area contributed by atoms with E-state index in [1.807, 2.05) is 12.3 Å². The molecule has 138 valence electrons. The quantitative estimate of drug-likeness (QED) is 0.718. The number of carbonyl (C=O) groups excluding carboxylic acids is 2. The summed E-state index contributed by atoms with van der Waals surface area (Å²) in [5.41, 5.74) is 1.20. The van der Waals surface area contributed by atoms with E-state index in [9.17, 15) is 9.59 Å². The summed E-state index contributed by atoms with van der Waals surface area (Å²) in [7, 11) is 0. The molecule has 5 nitrogen and oxygen atoms in total. The lowest BCUT2D eigenvalue weighted by Crippen LogP contribution is -2.46. The Balaban J connectivity index is 1.73. The van der Waals surface area contributed by atoms with Gasteiger partial charge in [-0.05, 0) is 43.2 Å². The lowest BCUT2D eigenvalue weighted by atomic mass is 10.1. The first kappa shape index (κ1) is 19.8. The molecule has 6 heteroatoms. The third-order valence-corrected chi connectivity index (χ3v) is 5.71. The fourth-order valence-corrected chi connectivity index (χ4v) is 3.78. The molecule has 0 spiro atoms. The van der Waals surface area contributed by atoms with Crippen molar-refractivity contribution in [1.29, 1.82) is 0 Å². The van der Waals surface area contributed by atoms with Crippen molar-refractivity contribution in [2.24, 2.45) is 5.92 Å². The molecule has 0 bridgehead atoms. The second-order valence-electron chi connectivity index (χ2n) is 6.68. The fourth-order valence-electron chi connectivity index (χ4n) is 2.85. The van der Waals surface area contributed by atoms with Crippen LogP contribution in [0.15, 0.2) is 24.5 Å². The van der Waals surface area contributed by atoms with Gasteiger partial charge in [0, 0.05) is 31.2 Å². The number of urea groups is 1. The number of carbonyl (C=O) groups is 2. The van der Waals surface area contributed by atoms with Crippen molar-refractivity contribution < 1.29 is 9.59 Å². The molecule has 0 radical (unpaired) electrons. The predicted octanol–water partition coefficient (Wildman–Crippen LogP) is 3.49. The topological polar surface area (TPSA) is 62.3 Å². The summed E-state index contributed by atoms with van der Waals surface area (Å²) in [5, 5.41) is 3.09. The number of aromatic nitrogens is 1. The van der Waals surface area contributed by atoms with Crippen LogP contribution in [0.5, 0.6) is 0 Å². The number of pyridine rings is 1. The maximum absolute atomic E-state index is 12.5. The number of likely N-dealkylation sites (tertiary alicyclic amines) is 1. The Labute approximate surface area is 155 Å². The van der Waals surface area contributed by atoms with Crippen LogP contribution in [0.4, 0.5) is 4.79 Å². The number of rotatable bonds is 8. The van der Waals surface area contributed by atoms with Gasteiger partial charge in [0.15, 0.2) is 0 Å². The maximum atomic E-state index is 12.5. The molecule has 0 saturated carbocycles. The average molecular weight is 364 g/mol. The van der Waals surface area contributed by atoms with Gasteiger partial charge in [-0.3, -0.25) is 9.78 Å². The normalized spacial score (nSPS) is 18.2. The van der Waals surface area contributed by atoms with Crippen molar-refractivity contribution in [2.75, 3.05) is 18.8 Å². The molecule has 0 aliphatic carbocycles. The van der Waals surface area contributed by atoms with Crippen molar-refractivity contribution >= 4 is 22.9 Å². The van der Waals surface area contributed by atoms with E-state index < -0.39 is 0 Å². The SMILES string of the molecule is CCC(C)CNC(=O)N1CCC[C@H]1C(=O)SCCCc1cccnc1. The van der Waals surface area contributed by atoms with E-state index in [0.29, 0.717) is 19.0 Å². The van der Waals surface area contributed by atoms with E-state index in [4.69, 9.17) is 0 Å². The summed E-state index contributed by atoms with van der Waals surface area (Å²) in [6.07, 6.45) is 8.23. The second-order valence-corrected chi connectivity index (χ2v) is 7.78. The minimum Gasteiger partial charge on any atom is -0.338 e. The molecule has 1 aromatic rings. The summed E-state index contributed by atoms with van der Waals surface area (Å²) in [5.74, 6) is 1.24. The van der Waals surface area contributed by atoms with Gasteiger partial charge >= 0.3 is 6.03 Å². The average Bonchev–Trinajstić information content (AvgIpc) is 3.13. The zero-order valence-electron chi connectivity index (χ0n) is 15.2. The lowest BCUT2D eigenvalue weighted by molar-refractivity contribution is -0.114. The molecule has 1 unspecified atom stereocenters. The lowest BCUT2D eigenvalue weighted by Gasteiger charge is -2.24. The predicted molar refractivity (Wildman–Crippen MR) is 103 cm³/mol. The smallest absolute Gasteiger partial charge is 0.318 e. The van der Waals surface area contributed by atoms with E-state index in [2.05, 4.69) is 30.2 Å². The van der Waals surface area contributed by atoms with Crippen molar-refractivity contribution in [2.45, 2.75) is 52.0 Å². The van der Waals surface area contributed by atoms with Crippen LogP contribution in [-0.4, -0.2) is 45.9 Å². The second kappa shape index (κ2) is 10.4. The van der Waals surface area contributed by atoms with E-state index in [1.165, 1.54) is 17.3 Å². The van der Waals surface area contributed by atoms with Crippen LogP contribution in [-0.2, 0) is 11.2 Å². The Hall–Kier alpha value is -1.56. The summed E-state index contributed by atoms with van der Waals surface area (Å²) < 4.78 is 0. The number of nitrogens with one attached hydrogen (secondary N) is 1. The first-order valence-corrected chi connectivity index (χ1v) is 10.2. The molecule has 25 heavy (non-hydrogen) atoms.